The second-order valence-corrected chi connectivity index (χ2v) is 7.41. The highest BCUT2D eigenvalue weighted by molar-refractivity contribution is 5.24. The number of rotatable bonds is 3. The average Bonchev–Trinajstić information content (AvgIpc) is 3.15. The van der Waals surface area contributed by atoms with Crippen LogP contribution in [0.15, 0.2) is 6.20 Å². The van der Waals surface area contributed by atoms with Crippen LogP contribution in [0.5, 0.6) is 0 Å². The maximum absolute atomic E-state index is 4.47. The first kappa shape index (κ1) is 12.9. The normalized spacial score (nSPS) is 37.1. The van der Waals surface area contributed by atoms with Crippen molar-refractivity contribution in [2.75, 3.05) is 0 Å². The zero-order chi connectivity index (χ0) is 13.7. The lowest BCUT2D eigenvalue weighted by atomic mass is 9.83. The minimum atomic E-state index is 0.543. The molecule has 0 saturated heterocycles. The number of aromatic nitrogens is 2. The Morgan fingerprint density at radius 1 is 1.30 bits per heavy atom. The van der Waals surface area contributed by atoms with Crippen molar-refractivity contribution in [2.24, 2.45) is 24.8 Å². The molecule has 0 amide bonds. The smallest absolute Gasteiger partial charge is 0.0540 e. The van der Waals surface area contributed by atoms with E-state index in [-0.39, 0.29) is 0 Å². The van der Waals surface area contributed by atoms with Crippen LogP contribution >= 0.6 is 0 Å². The molecule has 4 rings (SSSR count). The van der Waals surface area contributed by atoms with Gasteiger partial charge in [0.05, 0.1) is 6.20 Å². The summed E-state index contributed by atoms with van der Waals surface area (Å²) >= 11 is 0. The molecule has 5 atom stereocenters. The topological polar surface area (TPSA) is 29.9 Å². The standard InChI is InChI=1S/C17H27N3/c1-11(14-9-12-6-7-13(14)8-12)19-16-4-3-5-17-15(16)10-18-20(17)2/h10-14,16,19H,3-9H2,1-2H3. The van der Waals surface area contributed by atoms with Crippen LogP contribution in [-0.2, 0) is 13.5 Å². The second-order valence-electron chi connectivity index (χ2n) is 7.41. The van der Waals surface area contributed by atoms with Crippen LogP contribution in [0.25, 0.3) is 0 Å². The second kappa shape index (κ2) is 4.87. The summed E-state index contributed by atoms with van der Waals surface area (Å²) in [4.78, 5) is 0. The molecule has 0 aliphatic heterocycles. The monoisotopic (exact) mass is 273 g/mol. The van der Waals surface area contributed by atoms with E-state index in [9.17, 15) is 0 Å². The summed E-state index contributed by atoms with van der Waals surface area (Å²) in [7, 11) is 2.08. The zero-order valence-corrected chi connectivity index (χ0v) is 12.8. The van der Waals surface area contributed by atoms with Crippen molar-refractivity contribution in [3.05, 3.63) is 17.5 Å². The summed E-state index contributed by atoms with van der Waals surface area (Å²) in [6, 6.07) is 1.21. The van der Waals surface area contributed by atoms with Gasteiger partial charge in [-0.05, 0) is 63.2 Å². The quantitative estimate of drug-likeness (QED) is 0.916. The van der Waals surface area contributed by atoms with E-state index < -0.39 is 0 Å². The van der Waals surface area contributed by atoms with Crippen LogP contribution < -0.4 is 5.32 Å². The predicted octanol–water partition coefficient (Wildman–Crippen LogP) is 3.21. The van der Waals surface area contributed by atoms with Crippen LogP contribution in [0, 0.1) is 17.8 Å². The molecule has 3 heteroatoms. The van der Waals surface area contributed by atoms with E-state index in [0.29, 0.717) is 12.1 Å². The highest BCUT2D eigenvalue weighted by Crippen LogP contribution is 2.49. The van der Waals surface area contributed by atoms with Gasteiger partial charge in [-0.1, -0.05) is 6.42 Å². The Morgan fingerprint density at radius 3 is 2.95 bits per heavy atom. The van der Waals surface area contributed by atoms with Crippen molar-refractivity contribution >= 4 is 0 Å². The van der Waals surface area contributed by atoms with Crippen molar-refractivity contribution in [3.8, 4) is 0 Å². The molecule has 1 N–H and O–H groups in total. The molecule has 20 heavy (non-hydrogen) atoms. The van der Waals surface area contributed by atoms with Gasteiger partial charge in [0.15, 0.2) is 0 Å². The molecule has 2 saturated carbocycles. The average molecular weight is 273 g/mol. The lowest BCUT2D eigenvalue weighted by Crippen LogP contribution is -2.39. The Bertz CT molecular complexity index is 492. The van der Waals surface area contributed by atoms with Gasteiger partial charge in [0.25, 0.3) is 0 Å². The first-order chi connectivity index (χ1) is 9.72. The number of aryl methyl sites for hydroxylation is 1. The van der Waals surface area contributed by atoms with E-state index in [1.54, 1.807) is 0 Å². The van der Waals surface area contributed by atoms with Crippen molar-refractivity contribution < 1.29 is 0 Å². The fourth-order valence-corrected chi connectivity index (χ4v) is 5.23. The Morgan fingerprint density at radius 2 is 2.20 bits per heavy atom. The maximum atomic E-state index is 4.47. The van der Waals surface area contributed by atoms with Gasteiger partial charge in [0, 0.05) is 30.4 Å². The van der Waals surface area contributed by atoms with Crippen LogP contribution in [0.2, 0.25) is 0 Å². The number of hydrogen-bond donors (Lipinski definition) is 1. The van der Waals surface area contributed by atoms with E-state index in [4.69, 9.17) is 0 Å². The number of nitrogens with zero attached hydrogens (tertiary/aromatic N) is 2. The number of hydrogen-bond acceptors (Lipinski definition) is 2. The Kier molecular flexibility index (Phi) is 3.13. The fraction of sp³-hybridized carbons (Fsp3) is 0.824. The third-order valence-corrected chi connectivity index (χ3v) is 6.27. The zero-order valence-electron chi connectivity index (χ0n) is 12.8. The van der Waals surface area contributed by atoms with Gasteiger partial charge in [-0.25, -0.2) is 0 Å². The van der Waals surface area contributed by atoms with Gasteiger partial charge in [-0.2, -0.15) is 5.10 Å². The first-order valence-electron chi connectivity index (χ1n) is 8.49. The molecular weight excluding hydrogens is 246 g/mol. The third kappa shape index (κ3) is 2.02. The predicted molar refractivity (Wildman–Crippen MR) is 80.4 cm³/mol. The molecule has 0 radical (unpaired) electrons. The molecule has 3 aliphatic carbocycles. The molecule has 110 valence electrons. The summed E-state index contributed by atoms with van der Waals surface area (Å²) in [6.07, 6.45) is 11.9. The molecule has 3 nitrogen and oxygen atoms in total. The molecule has 3 aliphatic rings. The van der Waals surface area contributed by atoms with Crippen LogP contribution in [-0.4, -0.2) is 15.8 Å². The molecule has 2 bridgehead atoms. The largest absolute Gasteiger partial charge is 0.307 e. The van der Waals surface area contributed by atoms with E-state index in [0.717, 1.165) is 17.8 Å². The summed E-state index contributed by atoms with van der Waals surface area (Å²) in [6.45, 7) is 2.43. The van der Waals surface area contributed by atoms with Crippen molar-refractivity contribution in [3.63, 3.8) is 0 Å². The van der Waals surface area contributed by atoms with Gasteiger partial charge < -0.3 is 5.32 Å². The van der Waals surface area contributed by atoms with Crippen molar-refractivity contribution in [1.29, 1.82) is 0 Å². The first-order valence-corrected chi connectivity index (χ1v) is 8.49. The van der Waals surface area contributed by atoms with Crippen molar-refractivity contribution in [2.45, 2.75) is 64.0 Å². The summed E-state index contributed by atoms with van der Waals surface area (Å²) in [5.74, 6) is 2.99. The van der Waals surface area contributed by atoms with Gasteiger partial charge in [0.2, 0.25) is 0 Å². The van der Waals surface area contributed by atoms with E-state index >= 15 is 0 Å². The molecule has 0 spiro atoms. The van der Waals surface area contributed by atoms with Crippen LogP contribution in [0.3, 0.4) is 0 Å². The van der Waals surface area contributed by atoms with E-state index in [1.165, 1.54) is 56.2 Å². The van der Waals surface area contributed by atoms with Gasteiger partial charge in [-0.15, -0.1) is 0 Å². The molecule has 5 unspecified atom stereocenters. The van der Waals surface area contributed by atoms with Gasteiger partial charge in [-0.3, -0.25) is 4.68 Å². The minimum absolute atomic E-state index is 0.543. The minimum Gasteiger partial charge on any atom is -0.307 e. The Hall–Kier alpha value is -0.830. The highest BCUT2D eigenvalue weighted by Gasteiger charge is 2.42. The molecule has 1 aromatic rings. The molecule has 1 aromatic heterocycles. The molecular formula is C17H27N3. The van der Waals surface area contributed by atoms with Crippen molar-refractivity contribution in [1.82, 2.24) is 15.1 Å². The lowest BCUT2D eigenvalue weighted by Gasteiger charge is -2.33. The Labute approximate surface area is 122 Å². The summed E-state index contributed by atoms with van der Waals surface area (Å²) < 4.78 is 2.07. The van der Waals surface area contributed by atoms with Crippen LogP contribution in [0.4, 0.5) is 0 Å². The maximum Gasteiger partial charge on any atom is 0.0540 e. The fourth-order valence-electron chi connectivity index (χ4n) is 5.23. The summed E-state index contributed by atoms with van der Waals surface area (Å²) in [5.41, 5.74) is 2.92. The third-order valence-electron chi connectivity index (χ3n) is 6.27. The lowest BCUT2D eigenvalue weighted by molar-refractivity contribution is 0.238. The number of fused-ring (bicyclic) bond motifs is 3. The summed E-state index contributed by atoms with van der Waals surface area (Å²) in [5, 5.41) is 8.43. The van der Waals surface area contributed by atoms with E-state index in [1.807, 2.05) is 0 Å². The van der Waals surface area contributed by atoms with Gasteiger partial charge >= 0.3 is 0 Å². The highest BCUT2D eigenvalue weighted by atomic mass is 15.3. The van der Waals surface area contributed by atoms with Crippen LogP contribution in [0.1, 0.15) is 62.7 Å². The molecule has 0 aromatic carbocycles. The molecule has 2 fully saturated rings. The SMILES string of the molecule is CC(NC1CCCc2c1cnn2C)C1CC2CCC1C2. The molecule has 1 heterocycles. The number of nitrogens with one attached hydrogen (secondary N) is 1. The van der Waals surface area contributed by atoms with Gasteiger partial charge in [0.1, 0.15) is 0 Å². The van der Waals surface area contributed by atoms with E-state index in [2.05, 4.69) is 35.3 Å². The Balaban J connectivity index is 1.47.